The highest BCUT2D eigenvalue weighted by Gasteiger charge is 2.23. The number of halogens is 1. The topological polar surface area (TPSA) is 94.0 Å². The molecule has 0 saturated carbocycles. The highest BCUT2D eigenvalue weighted by molar-refractivity contribution is 5.95. The van der Waals surface area contributed by atoms with Crippen LogP contribution in [0.1, 0.15) is 68.0 Å². The molecule has 4 rings (SSSR count). The lowest BCUT2D eigenvalue weighted by Gasteiger charge is -2.14. The second-order valence-corrected chi connectivity index (χ2v) is 8.62. The third-order valence-corrected chi connectivity index (χ3v) is 5.01. The van der Waals surface area contributed by atoms with E-state index in [0.717, 1.165) is 5.56 Å². The van der Waals surface area contributed by atoms with Gasteiger partial charge in [0.25, 0.3) is 5.91 Å². The normalized spacial score (nSPS) is 11.3. The monoisotopic (exact) mass is 490 g/mol. The minimum absolute atomic E-state index is 0.257. The van der Waals surface area contributed by atoms with Crippen LogP contribution in [0.2, 0.25) is 0 Å². The van der Waals surface area contributed by atoms with Crippen LogP contribution in [-0.4, -0.2) is 16.1 Å². The molecule has 7 heteroatoms. The molecule has 0 aliphatic carbocycles. The summed E-state index contributed by atoms with van der Waals surface area (Å²) in [4.78, 5) is 12.6. The van der Waals surface area contributed by atoms with Crippen molar-refractivity contribution in [1.82, 2.24) is 15.5 Å². The largest absolute Gasteiger partial charge is 0.419 e. The summed E-state index contributed by atoms with van der Waals surface area (Å²) in [6, 6.07) is 22.9. The van der Waals surface area contributed by atoms with Crippen molar-refractivity contribution < 1.29 is 13.6 Å². The van der Waals surface area contributed by atoms with Gasteiger partial charge in [0.2, 0.25) is 11.8 Å². The zero-order chi connectivity index (χ0) is 26.7. The minimum Gasteiger partial charge on any atom is -0.419 e. The maximum absolute atomic E-state index is 13.0. The molecule has 4 aromatic rings. The molecule has 0 saturated heterocycles. The molecule has 1 atom stereocenters. The predicted molar refractivity (Wildman–Crippen MR) is 142 cm³/mol. The van der Waals surface area contributed by atoms with Gasteiger partial charge in [-0.15, -0.1) is 10.2 Å². The van der Waals surface area contributed by atoms with Gasteiger partial charge in [-0.1, -0.05) is 67.9 Å². The van der Waals surface area contributed by atoms with Crippen LogP contribution in [0.15, 0.2) is 83.3 Å². The number of nitrogens with one attached hydrogen (secondary N) is 1. The van der Waals surface area contributed by atoms with Crippen molar-refractivity contribution in [2.75, 3.05) is 0 Å². The van der Waals surface area contributed by atoms with E-state index in [-0.39, 0.29) is 17.8 Å². The summed E-state index contributed by atoms with van der Waals surface area (Å²) in [6.45, 7) is 11.5. The Labute approximate surface area is 212 Å². The molecule has 0 aliphatic heterocycles. The van der Waals surface area contributed by atoms with Crippen molar-refractivity contribution in [3.05, 3.63) is 107 Å². The van der Waals surface area contributed by atoms with Crippen LogP contribution < -0.4 is 11.1 Å². The number of nitrogens with zero attached hydrogens (tertiary/aromatic N) is 2. The Morgan fingerprint density at radius 2 is 1.61 bits per heavy atom. The number of aromatic nitrogens is 2. The van der Waals surface area contributed by atoms with Gasteiger partial charge in [-0.3, -0.25) is 4.79 Å². The van der Waals surface area contributed by atoms with Crippen LogP contribution >= 0.6 is 0 Å². The Balaban J connectivity index is 0.000000431. The van der Waals surface area contributed by atoms with Crippen LogP contribution in [0.3, 0.4) is 0 Å². The van der Waals surface area contributed by atoms with Crippen molar-refractivity contribution in [1.29, 1.82) is 0 Å². The third-order valence-electron chi connectivity index (χ3n) is 5.01. The fourth-order valence-electron chi connectivity index (χ4n) is 3.04. The van der Waals surface area contributed by atoms with Crippen molar-refractivity contribution in [3.63, 3.8) is 0 Å². The summed E-state index contributed by atoms with van der Waals surface area (Å²) in [6.07, 6.45) is 0. The number of nitrogens with two attached hydrogens (primary N) is 1. The van der Waals surface area contributed by atoms with Gasteiger partial charge >= 0.3 is 0 Å². The lowest BCUT2D eigenvalue weighted by molar-refractivity contribution is 0.0940. The number of benzene rings is 3. The van der Waals surface area contributed by atoms with E-state index in [1.807, 2.05) is 39.0 Å². The number of hydrogen-bond donors (Lipinski definition) is 2. The number of carbonyl (C=O) groups excluding carboxylic acids is 1. The second-order valence-electron chi connectivity index (χ2n) is 8.62. The Kier molecular flexibility index (Phi) is 10.5. The zero-order valence-corrected chi connectivity index (χ0v) is 21.7. The van der Waals surface area contributed by atoms with Crippen molar-refractivity contribution in [3.8, 4) is 11.5 Å². The fraction of sp³-hybridized carbons (Fsp3) is 0.276. The second kappa shape index (κ2) is 13.3. The first-order valence-electron chi connectivity index (χ1n) is 11.9. The Bertz CT molecular complexity index is 1220. The maximum atomic E-state index is 13.0. The molecule has 3 N–H and O–H groups in total. The molecule has 0 fully saturated rings. The van der Waals surface area contributed by atoms with E-state index in [9.17, 15) is 9.18 Å². The van der Waals surface area contributed by atoms with E-state index in [1.165, 1.54) is 17.7 Å². The lowest BCUT2D eigenvalue weighted by atomic mass is 10.1. The molecule has 0 unspecified atom stereocenters. The van der Waals surface area contributed by atoms with E-state index < -0.39 is 5.54 Å². The summed E-state index contributed by atoms with van der Waals surface area (Å²) in [7, 11) is 0. The molecule has 36 heavy (non-hydrogen) atoms. The summed E-state index contributed by atoms with van der Waals surface area (Å²) in [5.74, 6) is 0.0409. The molecule has 0 spiro atoms. The summed E-state index contributed by atoms with van der Waals surface area (Å²) in [5, 5.41) is 10.9. The minimum atomic E-state index is -0.745. The molecule has 6 nitrogen and oxygen atoms in total. The van der Waals surface area contributed by atoms with Gasteiger partial charge < -0.3 is 15.5 Å². The predicted octanol–water partition coefficient (Wildman–Crippen LogP) is 6.58. The molecule has 1 amide bonds. The van der Waals surface area contributed by atoms with Gasteiger partial charge in [-0.05, 0) is 63.6 Å². The van der Waals surface area contributed by atoms with E-state index in [4.69, 9.17) is 10.2 Å². The Morgan fingerprint density at radius 3 is 2.14 bits per heavy atom. The SMILES string of the molecule is CC.C[C@@H](NC(=O)c1cccc(-c2nnc(C(C)(C)N)o2)c1)c1ccc(F)cc1.Cc1ccccc1. The molecule has 0 bridgehead atoms. The van der Waals surface area contributed by atoms with E-state index in [2.05, 4.69) is 34.6 Å². The maximum Gasteiger partial charge on any atom is 0.251 e. The number of hydrogen-bond acceptors (Lipinski definition) is 5. The van der Waals surface area contributed by atoms with Crippen molar-refractivity contribution >= 4 is 5.91 Å². The molecule has 3 aromatic carbocycles. The summed E-state index contributed by atoms with van der Waals surface area (Å²) in [5.41, 5.74) is 8.43. The van der Waals surface area contributed by atoms with Gasteiger partial charge in [0, 0.05) is 11.1 Å². The number of aryl methyl sites for hydroxylation is 1. The number of amides is 1. The average Bonchev–Trinajstić information content (AvgIpc) is 3.38. The van der Waals surface area contributed by atoms with Gasteiger partial charge in [0.15, 0.2) is 0 Å². The van der Waals surface area contributed by atoms with Gasteiger partial charge in [0.05, 0.1) is 11.6 Å². The van der Waals surface area contributed by atoms with Gasteiger partial charge in [-0.25, -0.2) is 4.39 Å². The quantitative estimate of drug-likeness (QED) is 0.329. The first-order valence-corrected chi connectivity index (χ1v) is 11.9. The first kappa shape index (κ1) is 28.4. The molecule has 0 aliphatic rings. The van der Waals surface area contributed by atoms with Crippen LogP contribution in [0.5, 0.6) is 0 Å². The molecule has 190 valence electrons. The summed E-state index contributed by atoms with van der Waals surface area (Å²) < 4.78 is 18.7. The van der Waals surface area contributed by atoms with Crippen LogP contribution in [0.25, 0.3) is 11.5 Å². The lowest BCUT2D eigenvalue weighted by Crippen LogP contribution is -2.29. The standard InChI is InChI=1S/C20H21FN4O2.C7H8.C2H6/c1-12(13-7-9-16(21)10-8-13)23-17(26)14-5-4-6-15(11-14)18-24-25-19(27-18)20(2,3)22;1-7-5-3-2-4-6-7;1-2/h4-12H,22H2,1-3H3,(H,23,26);2-6H,1H3;1-2H3/t12-;;/m1../s1. The molecule has 0 radical (unpaired) electrons. The zero-order valence-electron chi connectivity index (χ0n) is 21.7. The molecule has 1 heterocycles. The first-order chi connectivity index (χ1) is 17.1. The fourth-order valence-corrected chi connectivity index (χ4v) is 3.04. The van der Waals surface area contributed by atoms with E-state index in [1.54, 1.807) is 50.2 Å². The average molecular weight is 491 g/mol. The summed E-state index contributed by atoms with van der Waals surface area (Å²) >= 11 is 0. The van der Waals surface area contributed by atoms with Crippen LogP contribution in [0.4, 0.5) is 4.39 Å². The number of rotatable bonds is 5. The van der Waals surface area contributed by atoms with Crippen molar-refractivity contribution in [2.45, 2.75) is 53.1 Å². The molecular formula is C29H35FN4O2. The van der Waals surface area contributed by atoms with Crippen molar-refractivity contribution in [2.24, 2.45) is 5.73 Å². The van der Waals surface area contributed by atoms with Gasteiger partial charge in [0.1, 0.15) is 5.82 Å². The highest BCUT2D eigenvalue weighted by Crippen LogP contribution is 2.23. The van der Waals surface area contributed by atoms with E-state index in [0.29, 0.717) is 22.9 Å². The Morgan fingerprint density at radius 1 is 0.972 bits per heavy atom. The molecule has 1 aromatic heterocycles. The Hall–Kier alpha value is -3.84. The smallest absolute Gasteiger partial charge is 0.251 e. The van der Waals surface area contributed by atoms with E-state index >= 15 is 0 Å². The van der Waals surface area contributed by atoms with Crippen LogP contribution in [0, 0.1) is 12.7 Å². The highest BCUT2D eigenvalue weighted by atomic mass is 19.1. The molecular weight excluding hydrogens is 455 g/mol. The number of carbonyl (C=O) groups is 1. The van der Waals surface area contributed by atoms with Crippen LogP contribution in [-0.2, 0) is 5.54 Å². The third kappa shape index (κ3) is 8.43. The van der Waals surface area contributed by atoms with Gasteiger partial charge in [-0.2, -0.15) is 0 Å².